The van der Waals surface area contributed by atoms with Crippen LogP contribution in [0.3, 0.4) is 0 Å². The second kappa shape index (κ2) is 9.42. The van der Waals surface area contributed by atoms with Crippen molar-refractivity contribution in [3.63, 3.8) is 0 Å². The van der Waals surface area contributed by atoms with E-state index in [-0.39, 0.29) is 12.1 Å². The smallest absolute Gasteiger partial charge is 0.310 e. The summed E-state index contributed by atoms with van der Waals surface area (Å²) in [5.74, 6) is -2.30. The second-order valence-corrected chi connectivity index (χ2v) is 6.37. The van der Waals surface area contributed by atoms with Gasteiger partial charge in [0.1, 0.15) is 0 Å². The maximum atomic E-state index is 13.3. The highest BCUT2D eigenvalue weighted by Gasteiger charge is 2.16. The van der Waals surface area contributed by atoms with E-state index < -0.39 is 34.9 Å². The van der Waals surface area contributed by atoms with Crippen molar-refractivity contribution in [1.29, 1.82) is 0 Å². The summed E-state index contributed by atoms with van der Waals surface area (Å²) >= 11 is 0. The van der Waals surface area contributed by atoms with E-state index in [9.17, 15) is 24.1 Å². The summed E-state index contributed by atoms with van der Waals surface area (Å²) in [6, 6.07) is 20.1. The summed E-state index contributed by atoms with van der Waals surface area (Å²) in [5.41, 5.74) is 2.07. The molecule has 0 unspecified atom stereocenters. The van der Waals surface area contributed by atoms with Gasteiger partial charge in [-0.1, -0.05) is 54.6 Å². The highest BCUT2D eigenvalue weighted by molar-refractivity contribution is 5.93. The predicted molar refractivity (Wildman–Crippen MR) is 108 cm³/mol. The zero-order chi connectivity index (χ0) is 21.5. The van der Waals surface area contributed by atoms with Crippen LogP contribution in [0, 0.1) is 15.9 Å². The zero-order valence-corrected chi connectivity index (χ0v) is 15.7. The molecule has 0 aliphatic carbocycles. The van der Waals surface area contributed by atoms with E-state index in [1.807, 2.05) is 42.5 Å². The lowest BCUT2D eigenvalue weighted by molar-refractivity contribution is -0.387. The Bertz CT molecular complexity index is 1070. The molecule has 30 heavy (non-hydrogen) atoms. The minimum atomic E-state index is -1.01. The van der Waals surface area contributed by atoms with Crippen LogP contribution in [0.2, 0.25) is 0 Å². The van der Waals surface area contributed by atoms with Gasteiger partial charge < -0.3 is 10.1 Å². The summed E-state index contributed by atoms with van der Waals surface area (Å²) in [6.07, 6.45) is -0.00955. The zero-order valence-electron chi connectivity index (χ0n) is 15.7. The number of nitrogens with zero attached hydrogens (tertiary/aromatic N) is 1. The highest BCUT2D eigenvalue weighted by Crippen LogP contribution is 2.22. The lowest BCUT2D eigenvalue weighted by Crippen LogP contribution is -2.21. The number of halogens is 1. The molecule has 7 nitrogen and oxygen atoms in total. The van der Waals surface area contributed by atoms with Gasteiger partial charge in [0, 0.05) is 11.8 Å². The molecule has 3 aromatic rings. The van der Waals surface area contributed by atoms with E-state index in [2.05, 4.69) is 5.32 Å². The van der Waals surface area contributed by atoms with Crippen molar-refractivity contribution in [2.45, 2.75) is 6.42 Å². The molecular formula is C22H17FN2O5. The van der Waals surface area contributed by atoms with Crippen molar-refractivity contribution in [1.82, 2.24) is 0 Å². The van der Waals surface area contributed by atoms with Crippen LogP contribution >= 0.6 is 0 Å². The van der Waals surface area contributed by atoms with Crippen LogP contribution < -0.4 is 5.32 Å². The Kier molecular flexibility index (Phi) is 6.49. The van der Waals surface area contributed by atoms with Gasteiger partial charge in [0.2, 0.25) is 5.82 Å². The van der Waals surface area contributed by atoms with E-state index in [1.54, 1.807) is 12.1 Å². The van der Waals surface area contributed by atoms with Gasteiger partial charge in [0.25, 0.3) is 5.91 Å². The van der Waals surface area contributed by atoms with Crippen molar-refractivity contribution >= 4 is 23.3 Å². The molecule has 0 fully saturated rings. The number of amides is 1. The number of nitro benzene ring substituents is 1. The average molecular weight is 408 g/mol. The molecule has 0 saturated carbocycles. The average Bonchev–Trinajstić information content (AvgIpc) is 2.74. The molecular weight excluding hydrogens is 391 g/mol. The van der Waals surface area contributed by atoms with Gasteiger partial charge in [-0.05, 0) is 28.8 Å². The molecule has 0 saturated heterocycles. The molecule has 0 heterocycles. The monoisotopic (exact) mass is 408 g/mol. The molecule has 0 atom stereocenters. The molecule has 1 N–H and O–H groups in total. The van der Waals surface area contributed by atoms with Crippen molar-refractivity contribution in [3.05, 3.63) is 94.3 Å². The molecule has 0 aromatic heterocycles. The van der Waals surface area contributed by atoms with E-state index in [0.717, 1.165) is 28.8 Å². The van der Waals surface area contributed by atoms with Crippen molar-refractivity contribution in [3.8, 4) is 11.1 Å². The van der Waals surface area contributed by atoms with Crippen LogP contribution in [0.5, 0.6) is 0 Å². The number of ether oxygens (including phenoxy) is 1. The third-order valence-corrected chi connectivity index (χ3v) is 4.20. The number of anilines is 1. The minimum Gasteiger partial charge on any atom is -0.455 e. The topological polar surface area (TPSA) is 98.5 Å². The Labute approximate surface area is 171 Å². The van der Waals surface area contributed by atoms with E-state index in [4.69, 9.17) is 4.74 Å². The first-order chi connectivity index (χ1) is 14.4. The Morgan fingerprint density at radius 2 is 1.63 bits per heavy atom. The molecule has 1 amide bonds. The van der Waals surface area contributed by atoms with E-state index >= 15 is 0 Å². The number of rotatable bonds is 7. The normalized spacial score (nSPS) is 10.3. The Morgan fingerprint density at radius 1 is 0.967 bits per heavy atom. The highest BCUT2D eigenvalue weighted by atomic mass is 19.1. The van der Waals surface area contributed by atoms with Gasteiger partial charge in [-0.15, -0.1) is 0 Å². The van der Waals surface area contributed by atoms with Crippen molar-refractivity contribution in [2.75, 3.05) is 11.9 Å². The molecule has 0 radical (unpaired) electrons. The number of benzene rings is 3. The quantitative estimate of drug-likeness (QED) is 0.360. The molecule has 0 aliphatic rings. The number of nitrogens with one attached hydrogen (secondary N) is 1. The van der Waals surface area contributed by atoms with Gasteiger partial charge in [0.05, 0.1) is 11.3 Å². The maximum absolute atomic E-state index is 13.3. The second-order valence-electron chi connectivity index (χ2n) is 6.37. The fourth-order valence-electron chi connectivity index (χ4n) is 2.74. The Morgan fingerprint density at radius 3 is 2.30 bits per heavy atom. The minimum absolute atomic E-state index is 0.00955. The number of carbonyl (C=O) groups excluding carboxylic acids is 2. The van der Waals surface area contributed by atoms with Crippen LogP contribution in [0.15, 0.2) is 72.8 Å². The van der Waals surface area contributed by atoms with Gasteiger partial charge in [-0.3, -0.25) is 19.7 Å². The van der Waals surface area contributed by atoms with Crippen molar-refractivity contribution in [2.24, 2.45) is 0 Å². The third kappa shape index (κ3) is 5.48. The predicted octanol–water partition coefficient (Wildman–Crippen LogP) is 4.13. The largest absolute Gasteiger partial charge is 0.455 e. The Balaban J connectivity index is 1.50. The first kappa shape index (κ1) is 20.7. The number of nitro groups is 1. The Hall–Kier alpha value is -4.07. The lowest BCUT2D eigenvalue weighted by Gasteiger charge is -2.07. The molecule has 0 spiro atoms. The first-order valence-corrected chi connectivity index (χ1v) is 8.96. The molecule has 0 bridgehead atoms. The van der Waals surface area contributed by atoms with Crippen LogP contribution in [-0.2, 0) is 20.7 Å². The number of hydrogen-bond acceptors (Lipinski definition) is 5. The standard InChI is InChI=1S/C22H17FN2O5/c23-19-11-10-18(13-20(19)25(28)29)24-21(26)14-30-22(27)12-15-6-8-17(9-7-15)16-4-2-1-3-5-16/h1-11,13H,12,14H2,(H,24,26). The molecule has 152 valence electrons. The maximum Gasteiger partial charge on any atom is 0.310 e. The van der Waals surface area contributed by atoms with Gasteiger partial charge in [-0.25, -0.2) is 0 Å². The number of hydrogen-bond donors (Lipinski definition) is 1. The lowest BCUT2D eigenvalue weighted by atomic mass is 10.0. The fraction of sp³-hybridized carbons (Fsp3) is 0.0909. The fourth-order valence-corrected chi connectivity index (χ4v) is 2.74. The van der Waals surface area contributed by atoms with Gasteiger partial charge >= 0.3 is 11.7 Å². The summed E-state index contributed by atoms with van der Waals surface area (Å²) in [4.78, 5) is 33.7. The molecule has 0 aliphatic heterocycles. The van der Waals surface area contributed by atoms with Crippen molar-refractivity contribution < 1.29 is 23.6 Å². The van der Waals surface area contributed by atoms with Crippen LogP contribution in [0.1, 0.15) is 5.56 Å². The molecule has 3 rings (SSSR count). The summed E-state index contributed by atoms with van der Waals surface area (Å²) in [6.45, 7) is -0.563. The molecule has 8 heteroatoms. The van der Waals surface area contributed by atoms with Gasteiger partial charge in [-0.2, -0.15) is 4.39 Å². The van der Waals surface area contributed by atoms with Crippen LogP contribution in [0.4, 0.5) is 15.8 Å². The van der Waals surface area contributed by atoms with Crippen LogP contribution in [0.25, 0.3) is 11.1 Å². The third-order valence-electron chi connectivity index (χ3n) is 4.20. The number of carbonyl (C=O) groups is 2. The molecule has 3 aromatic carbocycles. The van der Waals surface area contributed by atoms with Gasteiger partial charge in [0.15, 0.2) is 6.61 Å². The summed E-state index contributed by atoms with van der Waals surface area (Å²) in [7, 11) is 0. The van der Waals surface area contributed by atoms with E-state index in [1.165, 1.54) is 6.07 Å². The van der Waals surface area contributed by atoms with E-state index in [0.29, 0.717) is 0 Å². The number of esters is 1. The summed E-state index contributed by atoms with van der Waals surface area (Å²) in [5, 5.41) is 13.1. The summed E-state index contributed by atoms with van der Waals surface area (Å²) < 4.78 is 18.3. The SMILES string of the molecule is O=C(COC(=O)Cc1ccc(-c2ccccc2)cc1)Nc1ccc(F)c([N+](=O)[O-])c1. The van der Waals surface area contributed by atoms with Crippen LogP contribution in [-0.4, -0.2) is 23.4 Å². The first-order valence-electron chi connectivity index (χ1n) is 8.96.